The van der Waals surface area contributed by atoms with Crippen molar-refractivity contribution in [3.8, 4) is 0 Å². The van der Waals surface area contributed by atoms with Gasteiger partial charge in [-0.1, -0.05) is 19.3 Å². The van der Waals surface area contributed by atoms with Crippen LogP contribution in [0, 0.1) is 0 Å². The molecule has 1 aromatic rings. The molecule has 0 aromatic carbocycles. The summed E-state index contributed by atoms with van der Waals surface area (Å²) in [7, 11) is 5.96. The number of hydrogen-bond donors (Lipinski definition) is 2. The van der Waals surface area contributed by atoms with Gasteiger partial charge in [0.15, 0.2) is 0 Å². The minimum atomic E-state index is 0.173. The van der Waals surface area contributed by atoms with Gasteiger partial charge in [0.05, 0.1) is 12.2 Å². The van der Waals surface area contributed by atoms with Crippen LogP contribution in [0.3, 0.4) is 0 Å². The molecule has 1 amide bonds. The molecule has 1 aliphatic carbocycles. The molecule has 1 saturated carbocycles. The van der Waals surface area contributed by atoms with E-state index in [4.69, 9.17) is 9.97 Å². The molecule has 2 heterocycles. The molecule has 1 aromatic heterocycles. The highest BCUT2D eigenvalue weighted by molar-refractivity contribution is 5.78. The normalized spacial score (nSPS) is 21.5. The maximum Gasteiger partial charge on any atom is 0.234 e. The first-order chi connectivity index (χ1) is 13.5. The van der Waals surface area contributed by atoms with E-state index in [1.165, 1.54) is 19.3 Å². The number of rotatable bonds is 7. The van der Waals surface area contributed by atoms with Crippen molar-refractivity contribution < 1.29 is 4.79 Å². The first-order valence-electron chi connectivity index (χ1n) is 10.8. The molecule has 156 valence electrons. The van der Waals surface area contributed by atoms with Crippen molar-refractivity contribution in [2.24, 2.45) is 0 Å². The van der Waals surface area contributed by atoms with Crippen molar-refractivity contribution >= 4 is 11.7 Å². The van der Waals surface area contributed by atoms with Crippen molar-refractivity contribution in [3.63, 3.8) is 0 Å². The van der Waals surface area contributed by atoms with Crippen molar-refractivity contribution in [2.75, 3.05) is 45.7 Å². The lowest BCUT2D eigenvalue weighted by molar-refractivity contribution is -0.123. The van der Waals surface area contributed by atoms with Gasteiger partial charge >= 0.3 is 0 Å². The molecule has 1 unspecified atom stereocenters. The van der Waals surface area contributed by atoms with E-state index in [1.807, 2.05) is 32.1 Å². The number of nitrogens with one attached hydrogen (secondary N) is 2. The maximum absolute atomic E-state index is 12.5. The quantitative estimate of drug-likeness (QED) is 0.743. The molecule has 3 rings (SSSR count). The van der Waals surface area contributed by atoms with Gasteiger partial charge in [-0.15, -0.1) is 0 Å². The zero-order chi connectivity index (χ0) is 19.9. The van der Waals surface area contributed by atoms with Crippen LogP contribution in [-0.4, -0.2) is 67.6 Å². The van der Waals surface area contributed by atoms with Crippen LogP contribution in [0.25, 0.3) is 0 Å². The van der Waals surface area contributed by atoms with Crippen molar-refractivity contribution in [1.29, 1.82) is 0 Å². The van der Waals surface area contributed by atoms with Gasteiger partial charge in [-0.05, 0) is 39.3 Å². The highest BCUT2D eigenvalue weighted by atomic mass is 16.2. The predicted molar refractivity (Wildman–Crippen MR) is 113 cm³/mol. The molecule has 7 heteroatoms. The van der Waals surface area contributed by atoms with E-state index in [2.05, 4.69) is 15.5 Å². The van der Waals surface area contributed by atoms with E-state index >= 15 is 0 Å². The minimum absolute atomic E-state index is 0.173. The fourth-order valence-electron chi connectivity index (χ4n) is 4.32. The van der Waals surface area contributed by atoms with Crippen LogP contribution in [0.4, 0.5) is 5.82 Å². The van der Waals surface area contributed by atoms with Gasteiger partial charge in [0.25, 0.3) is 0 Å². The number of hydrogen-bond acceptors (Lipinski definition) is 6. The summed E-state index contributed by atoms with van der Waals surface area (Å²) < 4.78 is 0. The Balaban J connectivity index is 1.61. The third-order valence-electron chi connectivity index (χ3n) is 5.81. The fraction of sp³-hybridized carbons (Fsp3) is 0.762. The number of aromatic nitrogens is 2. The Hall–Kier alpha value is -1.73. The molecule has 28 heavy (non-hydrogen) atoms. The fourth-order valence-corrected chi connectivity index (χ4v) is 4.32. The van der Waals surface area contributed by atoms with Crippen LogP contribution in [0.2, 0.25) is 0 Å². The molecule has 0 spiro atoms. The Kier molecular flexibility index (Phi) is 7.62. The van der Waals surface area contributed by atoms with Crippen LogP contribution in [0.1, 0.15) is 62.4 Å². The Morgan fingerprint density at radius 3 is 2.68 bits per heavy atom. The number of anilines is 1. The lowest BCUT2D eigenvalue weighted by Crippen LogP contribution is -2.45. The summed E-state index contributed by atoms with van der Waals surface area (Å²) in [5.74, 6) is 2.31. The second-order valence-electron chi connectivity index (χ2n) is 8.48. The zero-order valence-electron chi connectivity index (χ0n) is 17.7. The number of amides is 1. The highest BCUT2D eigenvalue weighted by Gasteiger charge is 2.26. The van der Waals surface area contributed by atoms with Crippen molar-refractivity contribution in [3.05, 3.63) is 17.6 Å². The molecular formula is C21H36N6O. The van der Waals surface area contributed by atoms with Crippen LogP contribution in [0.5, 0.6) is 0 Å². The van der Waals surface area contributed by atoms with E-state index < -0.39 is 0 Å². The van der Waals surface area contributed by atoms with Crippen LogP contribution >= 0.6 is 0 Å². The number of nitrogens with zero attached hydrogens (tertiary/aromatic N) is 4. The number of carbonyl (C=O) groups excluding carboxylic acids is 1. The predicted octanol–water partition coefficient (Wildman–Crippen LogP) is 1.89. The van der Waals surface area contributed by atoms with E-state index in [1.54, 1.807) is 0 Å². The van der Waals surface area contributed by atoms with Gasteiger partial charge in [0.2, 0.25) is 5.91 Å². The molecular weight excluding hydrogens is 352 g/mol. The Labute approximate surface area is 169 Å². The topological polar surface area (TPSA) is 73.4 Å². The summed E-state index contributed by atoms with van der Waals surface area (Å²) in [5.41, 5.74) is 1.02. The summed E-state index contributed by atoms with van der Waals surface area (Å²) in [6.07, 6.45) is 8.22. The summed E-state index contributed by atoms with van der Waals surface area (Å²) >= 11 is 0. The molecule has 1 atom stereocenters. The van der Waals surface area contributed by atoms with Crippen molar-refractivity contribution in [1.82, 2.24) is 25.5 Å². The average molecular weight is 389 g/mol. The van der Waals surface area contributed by atoms with Gasteiger partial charge < -0.3 is 15.5 Å². The number of piperidine rings is 1. The number of carbonyl (C=O) groups is 1. The number of likely N-dealkylation sites (tertiary alicyclic amines) is 1. The third-order valence-corrected chi connectivity index (χ3v) is 5.81. The van der Waals surface area contributed by atoms with Crippen LogP contribution in [0.15, 0.2) is 6.07 Å². The van der Waals surface area contributed by atoms with Crippen molar-refractivity contribution in [2.45, 2.75) is 63.5 Å². The molecule has 1 aliphatic heterocycles. The first kappa shape index (κ1) is 21.0. The zero-order valence-corrected chi connectivity index (χ0v) is 17.7. The Bertz CT molecular complexity index is 644. The molecule has 0 bridgehead atoms. The Morgan fingerprint density at radius 2 is 1.96 bits per heavy atom. The molecule has 2 fully saturated rings. The summed E-state index contributed by atoms with van der Waals surface area (Å²) in [4.78, 5) is 26.4. The lowest BCUT2D eigenvalue weighted by Gasteiger charge is -2.32. The smallest absolute Gasteiger partial charge is 0.234 e. The highest BCUT2D eigenvalue weighted by Crippen LogP contribution is 2.26. The van der Waals surface area contributed by atoms with E-state index in [0.29, 0.717) is 12.6 Å². The van der Waals surface area contributed by atoms with Gasteiger partial charge in [-0.25, -0.2) is 9.97 Å². The third kappa shape index (κ3) is 5.88. The largest absolute Gasteiger partial charge is 0.363 e. The maximum atomic E-state index is 12.5. The monoisotopic (exact) mass is 388 g/mol. The van der Waals surface area contributed by atoms with E-state index in [0.717, 1.165) is 62.7 Å². The molecule has 2 aliphatic rings. The van der Waals surface area contributed by atoms with Gasteiger partial charge in [0, 0.05) is 45.2 Å². The second kappa shape index (κ2) is 10.2. The minimum Gasteiger partial charge on any atom is -0.363 e. The Morgan fingerprint density at radius 1 is 1.18 bits per heavy atom. The molecule has 0 radical (unpaired) electrons. The van der Waals surface area contributed by atoms with Gasteiger partial charge in [-0.3, -0.25) is 9.69 Å². The van der Waals surface area contributed by atoms with Gasteiger partial charge in [0.1, 0.15) is 11.6 Å². The standard InChI is InChI=1S/C21H36N6O/c1-22-13-18-12-19(26(2)3)25-21(24-18)16-8-7-11-27(14-16)15-20(28)23-17-9-5-4-6-10-17/h12,16-17,22H,4-11,13-15H2,1-3H3,(H,23,28). The van der Waals surface area contributed by atoms with E-state index in [-0.39, 0.29) is 11.8 Å². The molecule has 2 N–H and O–H groups in total. The summed E-state index contributed by atoms with van der Waals surface area (Å²) in [6, 6.07) is 2.42. The molecule has 1 saturated heterocycles. The summed E-state index contributed by atoms with van der Waals surface area (Å²) in [5, 5.41) is 6.43. The van der Waals surface area contributed by atoms with E-state index in [9.17, 15) is 4.79 Å². The second-order valence-corrected chi connectivity index (χ2v) is 8.48. The average Bonchev–Trinajstić information content (AvgIpc) is 2.69. The van der Waals surface area contributed by atoms with Crippen LogP contribution in [-0.2, 0) is 11.3 Å². The summed E-state index contributed by atoms with van der Waals surface area (Å²) in [6.45, 7) is 3.06. The SMILES string of the molecule is CNCc1cc(N(C)C)nc(C2CCCN(CC(=O)NC3CCCCC3)C2)n1. The first-order valence-corrected chi connectivity index (χ1v) is 10.8. The lowest BCUT2D eigenvalue weighted by atomic mass is 9.95. The van der Waals surface area contributed by atoms with Gasteiger partial charge in [-0.2, -0.15) is 0 Å². The molecule has 7 nitrogen and oxygen atoms in total. The van der Waals surface area contributed by atoms with Crippen LogP contribution < -0.4 is 15.5 Å².